The standard InChI is InChI=1S/C27H26N2O4/c1-32-25-16-19(12-14-24(25)33-17-18-7-3-2-4-8-18)26-28-22-15-20(27(30)31)11-13-23(22)29(26)21-9-5-6-10-21/h2-4,7-8,11-16,21H,5-6,9-10,17H2,1H3,(H,30,31). The van der Waals surface area contributed by atoms with Gasteiger partial charge in [-0.2, -0.15) is 0 Å². The molecule has 1 N–H and O–H groups in total. The summed E-state index contributed by atoms with van der Waals surface area (Å²) >= 11 is 0. The maximum absolute atomic E-state index is 11.5. The monoisotopic (exact) mass is 442 g/mol. The average molecular weight is 443 g/mol. The smallest absolute Gasteiger partial charge is 0.335 e. The predicted octanol–water partition coefficient (Wildman–Crippen LogP) is 6.10. The number of imidazole rings is 1. The van der Waals surface area contributed by atoms with Gasteiger partial charge in [-0.15, -0.1) is 0 Å². The Morgan fingerprint density at radius 3 is 2.55 bits per heavy atom. The summed E-state index contributed by atoms with van der Waals surface area (Å²) in [5.74, 6) is 1.18. The highest BCUT2D eigenvalue weighted by atomic mass is 16.5. The SMILES string of the molecule is COc1cc(-c2nc3cc(C(=O)O)ccc3n2C2CCCC2)ccc1OCc1ccccc1. The number of methoxy groups -OCH3 is 1. The molecular weight excluding hydrogens is 416 g/mol. The van der Waals surface area contributed by atoms with Crippen LogP contribution in [0.2, 0.25) is 0 Å². The van der Waals surface area contributed by atoms with Crippen molar-refractivity contribution in [3.63, 3.8) is 0 Å². The Hall–Kier alpha value is -3.80. The lowest BCUT2D eigenvalue weighted by molar-refractivity contribution is 0.0697. The molecule has 0 radical (unpaired) electrons. The summed E-state index contributed by atoms with van der Waals surface area (Å²) in [6.45, 7) is 0.453. The fourth-order valence-electron chi connectivity index (χ4n) is 4.63. The van der Waals surface area contributed by atoms with Crippen LogP contribution in [0.1, 0.15) is 47.6 Å². The van der Waals surface area contributed by atoms with Crippen LogP contribution < -0.4 is 9.47 Å². The first-order valence-electron chi connectivity index (χ1n) is 11.2. The van der Waals surface area contributed by atoms with Gasteiger partial charge >= 0.3 is 5.97 Å². The van der Waals surface area contributed by atoms with Crippen molar-refractivity contribution >= 4 is 17.0 Å². The van der Waals surface area contributed by atoms with E-state index in [1.165, 1.54) is 12.8 Å². The zero-order valence-corrected chi connectivity index (χ0v) is 18.5. The molecule has 0 aliphatic heterocycles. The molecule has 0 atom stereocenters. The molecule has 0 unspecified atom stereocenters. The third kappa shape index (κ3) is 4.16. The van der Waals surface area contributed by atoms with Gasteiger partial charge in [0.05, 0.1) is 23.7 Å². The number of carboxylic acids is 1. The molecule has 3 aromatic carbocycles. The van der Waals surface area contributed by atoms with Crippen molar-refractivity contribution in [2.24, 2.45) is 0 Å². The van der Waals surface area contributed by atoms with E-state index in [1.54, 1.807) is 19.2 Å². The molecule has 1 heterocycles. The van der Waals surface area contributed by atoms with Gasteiger partial charge in [0, 0.05) is 11.6 Å². The van der Waals surface area contributed by atoms with E-state index in [4.69, 9.17) is 14.5 Å². The van der Waals surface area contributed by atoms with E-state index in [0.717, 1.165) is 35.3 Å². The number of carbonyl (C=O) groups is 1. The lowest BCUT2D eigenvalue weighted by Crippen LogP contribution is -2.07. The molecule has 33 heavy (non-hydrogen) atoms. The molecule has 1 aromatic heterocycles. The van der Waals surface area contributed by atoms with Crippen molar-refractivity contribution in [2.75, 3.05) is 7.11 Å². The van der Waals surface area contributed by atoms with Gasteiger partial charge in [-0.3, -0.25) is 0 Å². The summed E-state index contributed by atoms with van der Waals surface area (Å²) < 4.78 is 13.9. The van der Waals surface area contributed by atoms with E-state index in [2.05, 4.69) is 4.57 Å². The second-order valence-electron chi connectivity index (χ2n) is 8.39. The quantitative estimate of drug-likeness (QED) is 0.374. The Bertz CT molecular complexity index is 1290. The highest BCUT2D eigenvalue weighted by Gasteiger charge is 2.24. The topological polar surface area (TPSA) is 73.6 Å². The Kier molecular flexibility index (Phi) is 5.73. The number of nitrogens with zero attached hydrogens (tertiary/aromatic N) is 2. The number of hydrogen-bond donors (Lipinski definition) is 1. The van der Waals surface area contributed by atoms with Crippen molar-refractivity contribution in [2.45, 2.75) is 38.3 Å². The minimum Gasteiger partial charge on any atom is -0.493 e. The first kappa shape index (κ1) is 21.1. The third-order valence-electron chi connectivity index (χ3n) is 6.29. The summed E-state index contributed by atoms with van der Waals surface area (Å²) in [4.78, 5) is 16.4. The van der Waals surface area contributed by atoms with E-state index in [1.807, 2.05) is 54.6 Å². The Morgan fingerprint density at radius 2 is 1.82 bits per heavy atom. The summed E-state index contributed by atoms with van der Waals surface area (Å²) in [5.41, 5.74) is 3.90. The largest absolute Gasteiger partial charge is 0.493 e. The number of rotatable bonds is 7. The van der Waals surface area contributed by atoms with E-state index >= 15 is 0 Å². The maximum Gasteiger partial charge on any atom is 0.335 e. The highest BCUT2D eigenvalue weighted by Crippen LogP contribution is 2.39. The second-order valence-corrected chi connectivity index (χ2v) is 8.39. The van der Waals surface area contributed by atoms with Crippen LogP contribution in [-0.4, -0.2) is 27.7 Å². The van der Waals surface area contributed by atoms with Crippen LogP contribution in [0.4, 0.5) is 0 Å². The molecule has 1 saturated carbocycles. The number of aromatic nitrogens is 2. The number of ether oxygens (including phenoxy) is 2. The molecule has 5 rings (SSSR count). The van der Waals surface area contributed by atoms with Crippen LogP contribution in [0.15, 0.2) is 66.7 Å². The predicted molar refractivity (Wildman–Crippen MR) is 127 cm³/mol. The van der Waals surface area contributed by atoms with E-state index in [9.17, 15) is 9.90 Å². The van der Waals surface area contributed by atoms with Gasteiger partial charge in [0.15, 0.2) is 11.5 Å². The zero-order valence-electron chi connectivity index (χ0n) is 18.5. The van der Waals surface area contributed by atoms with Gasteiger partial charge in [0.25, 0.3) is 0 Å². The van der Waals surface area contributed by atoms with Crippen molar-refractivity contribution < 1.29 is 19.4 Å². The summed E-state index contributed by atoms with van der Waals surface area (Å²) in [6, 6.07) is 21.4. The summed E-state index contributed by atoms with van der Waals surface area (Å²) in [6.07, 6.45) is 4.56. The fraction of sp³-hybridized carbons (Fsp3) is 0.259. The molecule has 4 aromatic rings. The lowest BCUT2D eigenvalue weighted by atomic mass is 10.1. The van der Waals surface area contributed by atoms with Gasteiger partial charge in [0.2, 0.25) is 0 Å². The first-order chi connectivity index (χ1) is 16.1. The van der Waals surface area contributed by atoms with E-state index in [0.29, 0.717) is 29.7 Å². The number of carboxylic acid groups (broad SMARTS) is 1. The van der Waals surface area contributed by atoms with Gasteiger partial charge in [-0.1, -0.05) is 43.2 Å². The van der Waals surface area contributed by atoms with Gasteiger partial charge < -0.3 is 19.1 Å². The molecule has 6 nitrogen and oxygen atoms in total. The van der Waals surface area contributed by atoms with Crippen LogP contribution in [0.5, 0.6) is 11.5 Å². The third-order valence-corrected chi connectivity index (χ3v) is 6.29. The van der Waals surface area contributed by atoms with Gasteiger partial charge in [-0.05, 0) is 54.8 Å². The van der Waals surface area contributed by atoms with Crippen LogP contribution in [0.3, 0.4) is 0 Å². The minimum atomic E-state index is -0.949. The summed E-state index contributed by atoms with van der Waals surface area (Å²) in [5, 5.41) is 9.42. The molecule has 1 fully saturated rings. The van der Waals surface area contributed by atoms with Crippen molar-refractivity contribution in [1.82, 2.24) is 9.55 Å². The second kappa shape index (κ2) is 8.98. The van der Waals surface area contributed by atoms with Gasteiger partial charge in [0.1, 0.15) is 12.4 Å². The maximum atomic E-state index is 11.5. The number of aromatic carboxylic acids is 1. The molecule has 0 saturated heterocycles. The fourth-order valence-corrected chi connectivity index (χ4v) is 4.63. The Morgan fingerprint density at radius 1 is 1.03 bits per heavy atom. The average Bonchev–Trinajstić information content (AvgIpc) is 3.50. The van der Waals surface area contributed by atoms with Crippen LogP contribution in [0, 0.1) is 0 Å². The number of hydrogen-bond acceptors (Lipinski definition) is 4. The Labute approximate surface area is 192 Å². The number of fused-ring (bicyclic) bond motifs is 1. The normalized spacial score (nSPS) is 14.0. The Balaban J connectivity index is 1.54. The van der Waals surface area contributed by atoms with E-state index < -0.39 is 5.97 Å². The summed E-state index contributed by atoms with van der Waals surface area (Å²) in [7, 11) is 1.63. The lowest BCUT2D eigenvalue weighted by Gasteiger charge is -2.18. The first-order valence-corrected chi connectivity index (χ1v) is 11.2. The molecule has 6 heteroatoms. The highest BCUT2D eigenvalue weighted by molar-refractivity contribution is 5.93. The van der Waals surface area contributed by atoms with Crippen molar-refractivity contribution in [3.05, 3.63) is 77.9 Å². The van der Waals surface area contributed by atoms with Crippen molar-refractivity contribution in [3.8, 4) is 22.9 Å². The zero-order chi connectivity index (χ0) is 22.8. The van der Waals surface area contributed by atoms with Crippen molar-refractivity contribution in [1.29, 1.82) is 0 Å². The molecule has 0 bridgehead atoms. The molecule has 0 spiro atoms. The molecule has 168 valence electrons. The van der Waals surface area contributed by atoms with Crippen LogP contribution >= 0.6 is 0 Å². The number of benzene rings is 3. The molecular formula is C27H26N2O4. The van der Waals surface area contributed by atoms with E-state index in [-0.39, 0.29) is 5.56 Å². The minimum absolute atomic E-state index is 0.243. The van der Waals surface area contributed by atoms with Gasteiger partial charge in [-0.25, -0.2) is 9.78 Å². The molecule has 0 amide bonds. The van der Waals surface area contributed by atoms with Crippen LogP contribution in [0.25, 0.3) is 22.4 Å². The molecule has 1 aliphatic carbocycles. The van der Waals surface area contributed by atoms with Crippen LogP contribution in [-0.2, 0) is 6.61 Å². The molecule has 1 aliphatic rings.